The van der Waals surface area contributed by atoms with E-state index < -0.39 is 23.3 Å². The molecule has 0 saturated heterocycles. The Hall–Kier alpha value is -3.01. The molecule has 0 saturated carbocycles. The van der Waals surface area contributed by atoms with Crippen molar-refractivity contribution < 1.29 is 19.1 Å². The quantitative estimate of drug-likeness (QED) is 0.366. The summed E-state index contributed by atoms with van der Waals surface area (Å²) in [5, 5.41) is 5.52. The summed E-state index contributed by atoms with van der Waals surface area (Å²) in [4.78, 5) is 40.6. The summed E-state index contributed by atoms with van der Waals surface area (Å²) in [6.45, 7) is 13.4. The third-order valence-electron chi connectivity index (χ3n) is 5.55. The van der Waals surface area contributed by atoms with E-state index in [9.17, 15) is 14.4 Å². The minimum absolute atomic E-state index is 0.267. The lowest BCUT2D eigenvalue weighted by Crippen LogP contribution is -2.56. The molecule has 34 heavy (non-hydrogen) atoms. The maximum absolute atomic E-state index is 13.5. The molecule has 0 radical (unpaired) electrons. The van der Waals surface area contributed by atoms with Crippen LogP contribution >= 0.6 is 0 Å². The highest BCUT2D eigenvalue weighted by Crippen LogP contribution is 2.31. The third-order valence-corrected chi connectivity index (χ3v) is 5.55. The van der Waals surface area contributed by atoms with E-state index in [0.29, 0.717) is 24.1 Å². The van der Waals surface area contributed by atoms with E-state index >= 15 is 0 Å². The number of benzene rings is 1. The van der Waals surface area contributed by atoms with Gasteiger partial charge in [0, 0.05) is 17.6 Å². The summed E-state index contributed by atoms with van der Waals surface area (Å²) in [5.74, 6) is 1.92. The maximum Gasteiger partial charge on any atom is 0.408 e. The van der Waals surface area contributed by atoms with E-state index in [2.05, 4.69) is 23.5 Å². The zero-order valence-corrected chi connectivity index (χ0v) is 21.8. The topological polar surface area (TPSA) is 87.7 Å². The Labute approximate surface area is 205 Å². The van der Waals surface area contributed by atoms with E-state index in [-0.39, 0.29) is 18.4 Å². The number of ether oxygens (including phenoxy) is 1. The molecule has 7 nitrogen and oxygen atoms in total. The average Bonchev–Trinajstić information content (AvgIpc) is 2.77. The van der Waals surface area contributed by atoms with E-state index in [0.717, 1.165) is 19.3 Å². The van der Waals surface area contributed by atoms with Crippen LogP contribution in [0.5, 0.6) is 0 Å². The number of amides is 3. The monoisotopic (exact) mass is 471 g/mol. The summed E-state index contributed by atoms with van der Waals surface area (Å²) >= 11 is 0. The number of carbonyl (C=O) groups excluding carboxylic acids is 3. The van der Waals surface area contributed by atoms with Crippen molar-refractivity contribution in [2.45, 2.75) is 91.3 Å². The summed E-state index contributed by atoms with van der Waals surface area (Å²) in [7, 11) is 0. The molecule has 0 spiro atoms. The number of nitrogens with one attached hydrogen (secondary N) is 2. The Kier molecular flexibility index (Phi) is 11.1. The highest BCUT2D eigenvalue weighted by atomic mass is 16.6. The van der Waals surface area contributed by atoms with E-state index in [1.165, 1.54) is 0 Å². The van der Waals surface area contributed by atoms with Crippen molar-refractivity contribution in [1.29, 1.82) is 0 Å². The summed E-state index contributed by atoms with van der Waals surface area (Å²) in [6.07, 6.45) is 8.31. The summed E-state index contributed by atoms with van der Waals surface area (Å²) in [6, 6.07) is 6.19. The molecule has 1 aromatic rings. The lowest BCUT2D eigenvalue weighted by atomic mass is 9.92. The number of hydrogen-bond acceptors (Lipinski definition) is 4. The van der Waals surface area contributed by atoms with Crippen LogP contribution in [0.2, 0.25) is 0 Å². The number of hydrogen-bond donors (Lipinski definition) is 2. The van der Waals surface area contributed by atoms with Crippen molar-refractivity contribution in [2.75, 3.05) is 13.1 Å². The first-order valence-electron chi connectivity index (χ1n) is 12.0. The van der Waals surface area contributed by atoms with Gasteiger partial charge in [0.2, 0.25) is 11.8 Å². The van der Waals surface area contributed by atoms with Crippen molar-refractivity contribution in [3.05, 3.63) is 35.4 Å². The van der Waals surface area contributed by atoms with Crippen molar-refractivity contribution in [1.82, 2.24) is 15.5 Å². The number of unbranched alkanes of at least 4 members (excludes halogenated alkanes) is 2. The van der Waals surface area contributed by atoms with Crippen LogP contribution in [0.3, 0.4) is 0 Å². The molecule has 1 rings (SSSR count). The second-order valence-corrected chi connectivity index (χ2v) is 9.95. The fraction of sp³-hybridized carbons (Fsp3) is 0.593. The Bertz CT molecular complexity index is 863. The molecule has 2 N–H and O–H groups in total. The predicted octanol–water partition coefficient (Wildman–Crippen LogP) is 4.56. The van der Waals surface area contributed by atoms with Gasteiger partial charge in [-0.2, -0.15) is 0 Å². The Morgan fingerprint density at radius 3 is 2.15 bits per heavy atom. The first-order chi connectivity index (χ1) is 15.9. The molecule has 1 unspecified atom stereocenters. The number of alkyl carbamates (subject to hydrolysis) is 1. The van der Waals surface area contributed by atoms with Crippen LogP contribution in [0.4, 0.5) is 4.79 Å². The molecule has 0 fully saturated rings. The molecule has 0 aliphatic carbocycles. The van der Waals surface area contributed by atoms with Gasteiger partial charge in [-0.15, -0.1) is 6.42 Å². The van der Waals surface area contributed by atoms with E-state index in [1.54, 1.807) is 49.9 Å². The van der Waals surface area contributed by atoms with Crippen LogP contribution in [0.15, 0.2) is 24.3 Å². The normalized spacial score (nSPS) is 12.3. The standard InChI is InChI=1S/C27H41N3O4/c1-9-12-13-18-28-24(32)23(21-16-14-20(10-2)15-17-21)30(27(7,8)11-3)22(31)19-29-25(33)34-26(4,5)6/h2,14-17,23H,9,11-13,18-19H2,1,3-8H3,(H,28,32)(H,29,33). The van der Waals surface area contributed by atoms with Crippen molar-refractivity contribution in [2.24, 2.45) is 0 Å². The SMILES string of the molecule is C#Cc1ccc(C(C(=O)NCCCCC)N(C(=O)CNC(=O)OC(C)(C)C)C(C)(C)CC)cc1. The van der Waals surface area contributed by atoms with Gasteiger partial charge in [-0.05, 0) is 65.2 Å². The van der Waals surface area contributed by atoms with Crippen LogP contribution < -0.4 is 10.6 Å². The van der Waals surface area contributed by atoms with Gasteiger partial charge in [0.05, 0.1) is 0 Å². The fourth-order valence-corrected chi connectivity index (χ4v) is 3.41. The smallest absolute Gasteiger partial charge is 0.408 e. The van der Waals surface area contributed by atoms with Crippen molar-refractivity contribution in [3.8, 4) is 12.3 Å². The molecule has 0 heterocycles. The van der Waals surface area contributed by atoms with Crippen LogP contribution in [-0.4, -0.2) is 47.0 Å². The predicted molar refractivity (Wildman–Crippen MR) is 135 cm³/mol. The van der Waals surface area contributed by atoms with E-state index in [1.807, 2.05) is 20.8 Å². The Morgan fingerprint density at radius 2 is 1.65 bits per heavy atom. The van der Waals surface area contributed by atoms with Crippen LogP contribution in [-0.2, 0) is 14.3 Å². The molecule has 0 aliphatic rings. The van der Waals surface area contributed by atoms with Gasteiger partial charge in [0.15, 0.2) is 0 Å². The highest BCUT2D eigenvalue weighted by molar-refractivity contribution is 5.91. The molecule has 0 aliphatic heterocycles. The molecule has 0 aromatic heterocycles. The Balaban J connectivity index is 3.30. The van der Waals surface area contributed by atoms with Gasteiger partial charge in [0.1, 0.15) is 18.2 Å². The van der Waals surface area contributed by atoms with Gasteiger partial charge in [-0.3, -0.25) is 9.59 Å². The van der Waals surface area contributed by atoms with Gasteiger partial charge < -0.3 is 20.3 Å². The first-order valence-corrected chi connectivity index (χ1v) is 12.0. The number of terminal acetylenes is 1. The second kappa shape index (κ2) is 13.0. The lowest BCUT2D eigenvalue weighted by molar-refractivity contribution is -0.146. The molecule has 1 aromatic carbocycles. The second-order valence-electron chi connectivity index (χ2n) is 9.95. The summed E-state index contributed by atoms with van der Waals surface area (Å²) < 4.78 is 5.26. The largest absolute Gasteiger partial charge is 0.444 e. The third kappa shape index (κ3) is 9.09. The zero-order chi connectivity index (χ0) is 25.9. The minimum Gasteiger partial charge on any atom is -0.444 e. The Morgan fingerprint density at radius 1 is 1.03 bits per heavy atom. The van der Waals surface area contributed by atoms with Crippen LogP contribution in [0.25, 0.3) is 0 Å². The lowest BCUT2D eigenvalue weighted by Gasteiger charge is -2.43. The summed E-state index contributed by atoms with van der Waals surface area (Å²) in [5.41, 5.74) is -0.0119. The highest BCUT2D eigenvalue weighted by Gasteiger charge is 2.40. The molecule has 0 bridgehead atoms. The minimum atomic E-state index is -0.878. The van der Waals surface area contributed by atoms with Gasteiger partial charge in [-0.25, -0.2) is 4.79 Å². The van der Waals surface area contributed by atoms with E-state index in [4.69, 9.17) is 11.2 Å². The van der Waals surface area contributed by atoms with Gasteiger partial charge in [-0.1, -0.05) is 44.7 Å². The molecule has 7 heteroatoms. The number of nitrogens with zero attached hydrogens (tertiary/aromatic N) is 1. The number of rotatable bonds is 11. The zero-order valence-electron chi connectivity index (χ0n) is 21.8. The first kappa shape index (κ1) is 29.0. The maximum atomic E-state index is 13.5. The van der Waals surface area contributed by atoms with Crippen molar-refractivity contribution >= 4 is 17.9 Å². The molecule has 1 atom stereocenters. The van der Waals surface area contributed by atoms with Crippen molar-refractivity contribution in [3.63, 3.8) is 0 Å². The molecular formula is C27H41N3O4. The molecular weight excluding hydrogens is 430 g/mol. The fourth-order valence-electron chi connectivity index (χ4n) is 3.41. The van der Waals surface area contributed by atoms with Crippen LogP contribution in [0, 0.1) is 12.3 Å². The van der Waals surface area contributed by atoms with Crippen LogP contribution in [0.1, 0.15) is 91.3 Å². The number of carbonyl (C=O) groups is 3. The average molecular weight is 472 g/mol. The molecule has 3 amide bonds. The van der Waals surface area contributed by atoms with Gasteiger partial charge in [0.25, 0.3) is 0 Å². The van der Waals surface area contributed by atoms with Gasteiger partial charge >= 0.3 is 6.09 Å². The molecule has 188 valence electrons.